The Kier molecular flexibility index (Phi) is 5.10. The van der Waals surface area contributed by atoms with E-state index in [0.29, 0.717) is 23.5 Å². The van der Waals surface area contributed by atoms with Gasteiger partial charge in [-0.3, -0.25) is 4.79 Å². The Morgan fingerprint density at radius 2 is 1.81 bits per heavy atom. The summed E-state index contributed by atoms with van der Waals surface area (Å²) in [6.45, 7) is 2.36. The second-order valence-corrected chi connectivity index (χ2v) is 4.35. The quantitative estimate of drug-likeness (QED) is 0.603. The van der Waals surface area contributed by atoms with E-state index < -0.39 is 0 Å². The van der Waals surface area contributed by atoms with E-state index in [1.54, 1.807) is 43.3 Å². The van der Waals surface area contributed by atoms with Crippen LogP contribution in [0.3, 0.4) is 0 Å². The first-order valence-electron chi connectivity index (χ1n) is 6.67. The van der Waals surface area contributed by atoms with E-state index in [1.165, 1.54) is 0 Å². The molecule has 0 heterocycles. The fourth-order valence-corrected chi connectivity index (χ4v) is 1.86. The Morgan fingerprint density at radius 3 is 2.48 bits per heavy atom. The highest BCUT2D eigenvalue weighted by molar-refractivity contribution is 5.91. The van der Waals surface area contributed by atoms with Crippen LogP contribution in [0.5, 0.6) is 5.75 Å². The lowest BCUT2D eigenvalue weighted by atomic mass is 10.1. The number of carbonyl (C=O) groups excluding carboxylic acids is 2. The normalized spacial score (nSPS) is 9.95. The van der Waals surface area contributed by atoms with Crippen molar-refractivity contribution in [3.05, 3.63) is 65.2 Å². The SMILES string of the molecule is CCOC(=O)c1ccccc1COc1ccc(C=O)cc1. The maximum Gasteiger partial charge on any atom is 0.338 e. The molecule has 0 aliphatic heterocycles. The standard InChI is InChI=1S/C17H16O4/c1-2-20-17(19)16-6-4-3-5-14(16)12-21-15-9-7-13(11-18)8-10-15/h3-11H,2,12H2,1H3. The Balaban J connectivity index is 2.08. The maximum atomic E-state index is 11.8. The first-order valence-corrected chi connectivity index (χ1v) is 6.67. The molecule has 21 heavy (non-hydrogen) atoms. The number of esters is 1. The van der Waals surface area contributed by atoms with Crippen LogP contribution in [-0.2, 0) is 11.3 Å². The van der Waals surface area contributed by atoms with E-state index in [0.717, 1.165) is 11.8 Å². The first-order chi connectivity index (χ1) is 10.2. The van der Waals surface area contributed by atoms with Crippen molar-refractivity contribution in [3.63, 3.8) is 0 Å². The van der Waals surface area contributed by atoms with Gasteiger partial charge in [0, 0.05) is 11.1 Å². The lowest BCUT2D eigenvalue weighted by molar-refractivity contribution is 0.0523. The number of hydrogen-bond acceptors (Lipinski definition) is 4. The van der Waals surface area contributed by atoms with Crippen molar-refractivity contribution in [2.24, 2.45) is 0 Å². The highest BCUT2D eigenvalue weighted by Gasteiger charge is 2.12. The topological polar surface area (TPSA) is 52.6 Å². The number of carbonyl (C=O) groups is 2. The third-order valence-electron chi connectivity index (χ3n) is 2.92. The molecule has 0 aromatic heterocycles. The fraction of sp³-hybridized carbons (Fsp3) is 0.176. The van der Waals surface area contributed by atoms with Crippen molar-refractivity contribution in [1.29, 1.82) is 0 Å². The second kappa shape index (κ2) is 7.24. The number of benzene rings is 2. The number of aldehydes is 1. The van der Waals surface area contributed by atoms with Crippen molar-refractivity contribution >= 4 is 12.3 Å². The van der Waals surface area contributed by atoms with Gasteiger partial charge in [-0.2, -0.15) is 0 Å². The highest BCUT2D eigenvalue weighted by atomic mass is 16.5. The van der Waals surface area contributed by atoms with E-state index in [4.69, 9.17) is 9.47 Å². The molecule has 0 atom stereocenters. The van der Waals surface area contributed by atoms with Crippen LogP contribution in [0.1, 0.15) is 33.2 Å². The molecule has 0 radical (unpaired) electrons. The molecule has 0 unspecified atom stereocenters. The summed E-state index contributed by atoms with van der Waals surface area (Å²) in [6, 6.07) is 14.0. The molecule has 0 fully saturated rings. The van der Waals surface area contributed by atoms with E-state index in [1.807, 2.05) is 12.1 Å². The van der Waals surface area contributed by atoms with Crippen LogP contribution < -0.4 is 4.74 Å². The smallest absolute Gasteiger partial charge is 0.338 e. The molecule has 2 aromatic rings. The molecule has 2 aromatic carbocycles. The van der Waals surface area contributed by atoms with Crippen LogP contribution in [0.25, 0.3) is 0 Å². The van der Waals surface area contributed by atoms with Crippen molar-refractivity contribution < 1.29 is 19.1 Å². The molecule has 0 amide bonds. The van der Waals surface area contributed by atoms with Gasteiger partial charge in [-0.25, -0.2) is 4.79 Å². The lowest BCUT2D eigenvalue weighted by Gasteiger charge is -2.10. The number of ether oxygens (including phenoxy) is 2. The Bertz CT molecular complexity index is 617. The first kappa shape index (κ1) is 14.8. The molecule has 0 bridgehead atoms. The summed E-state index contributed by atoms with van der Waals surface area (Å²) in [5.41, 5.74) is 1.86. The molecule has 0 saturated heterocycles. The minimum absolute atomic E-state index is 0.259. The van der Waals surface area contributed by atoms with Crippen LogP contribution in [0, 0.1) is 0 Å². The van der Waals surface area contributed by atoms with Gasteiger partial charge in [0.25, 0.3) is 0 Å². The second-order valence-electron chi connectivity index (χ2n) is 4.35. The minimum Gasteiger partial charge on any atom is -0.489 e. The van der Waals surface area contributed by atoms with Crippen LogP contribution in [0.15, 0.2) is 48.5 Å². The summed E-state index contributed by atoms with van der Waals surface area (Å²) in [5, 5.41) is 0. The molecule has 108 valence electrons. The third kappa shape index (κ3) is 3.92. The molecule has 4 heteroatoms. The summed E-state index contributed by atoms with van der Waals surface area (Å²) in [5.74, 6) is 0.285. The molecule has 0 spiro atoms. The van der Waals surface area contributed by atoms with Gasteiger partial charge in [0.05, 0.1) is 12.2 Å². The van der Waals surface area contributed by atoms with Gasteiger partial charge in [0.15, 0.2) is 0 Å². The molecule has 0 aliphatic rings. The average molecular weight is 284 g/mol. The van der Waals surface area contributed by atoms with Gasteiger partial charge >= 0.3 is 5.97 Å². The summed E-state index contributed by atoms with van der Waals surface area (Å²) in [6.07, 6.45) is 0.778. The van der Waals surface area contributed by atoms with Gasteiger partial charge < -0.3 is 9.47 Å². The molecule has 0 N–H and O–H groups in total. The number of rotatable bonds is 6. The zero-order chi connectivity index (χ0) is 15.1. The molecule has 0 aliphatic carbocycles. The average Bonchev–Trinajstić information content (AvgIpc) is 2.54. The Morgan fingerprint density at radius 1 is 1.10 bits per heavy atom. The van der Waals surface area contributed by atoms with E-state index >= 15 is 0 Å². The van der Waals surface area contributed by atoms with Gasteiger partial charge in [0.2, 0.25) is 0 Å². The van der Waals surface area contributed by atoms with Gasteiger partial charge in [-0.1, -0.05) is 18.2 Å². The predicted molar refractivity (Wildman–Crippen MR) is 78.6 cm³/mol. The zero-order valence-electron chi connectivity index (χ0n) is 11.7. The van der Waals surface area contributed by atoms with Crippen molar-refractivity contribution in [2.45, 2.75) is 13.5 Å². The fourth-order valence-electron chi connectivity index (χ4n) is 1.86. The van der Waals surface area contributed by atoms with Crippen molar-refractivity contribution in [2.75, 3.05) is 6.61 Å². The monoisotopic (exact) mass is 284 g/mol. The largest absolute Gasteiger partial charge is 0.489 e. The van der Waals surface area contributed by atoms with Crippen LogP contribution in [-0.4, -0.2) is 18.9 Å². The van der Waals surface area contributed by atoms with Gasteiger partial charge in [-0.05, 0) is 37.3 Å². The zero-order valence-corrected chi connectivity index (χ0v) is 11.7. The summed E-state index contributed by atoms with van der Waals surface area (Å²) >= 11 is 0. The summed E-state index contributed by atoms with van der Waals surface area (Å²) < 4.78 is 10.7. The van der Waals surface area contributed by atoms with E-state index in [2.05, 4.69) is 0 Å². The lowest BCUT2D eigenvalue weighted by Crippen LogP contribution is -2.09. The summed E-state index contributed by atoms with van der Waals surface area (Å²) in [7, 11) is 0. The molecule has 0 saturated carbocycles. The van der Waals surface area contributed by atoms with Crippen LogP contribution in [0.4, 0.5) is 0 Å². The van der Waals surface area contributed by atoms with Crippen LogP contribution in [0.2, 0.25) is 0 Å². The minimum atomic E-state index is -0.354. The third-order valence-corrected chi connectivity index (χ3v) is 2.92. The van der Waals surface area contributed by atoms with Crippen LogP contribution >= 0.6 is 0 Å². The molecular weight excluding hydrogens is 268 g/mol. The Hall–Kier alpha value is -2.62. The Labute approximate surface area is 123 Å². The summed E-state index contributed by atoms with van der Waals surface area (Å²) in [4.78, 5) is 22.4. The molecule has 2 rings (SSSR count). The van der Waals surface area contributed by atoms with Gasteiger partial charge in [0.1, 0.15) is 18.6 Å². The number of hydrogen-bond donors (Lipinski definition) is 0. The van der Waals surface area contributed by atoms with E-state index in [-0.39, 0.29) is 12.6 Å². The van der Waals surface area contributed by atoms with Crippen molar-refractivity contribution in [1.82, 2.24) is 0 Å². The molecular formula is C17H16O4. The van der Waals surface area contributed by atoms with E-state index in [9.17, 15) is 9.59 Å². The maximum absolute atomic E-state index is 11.8. The predicted octanol–water partition coefficient (Wildman–Crippen LogP) is 3.25. The molecule has 4 nitrogen and oxygen atoms in total. The highest BCUT2D eigenvalue weighted by Crippen LogP contribution is 2.16. The van der Waals surface area contributed by atoms with Gasteiger partial charge in [-0.15, -0.1) is 0 Å². The van der Waals surface area contributed by atoms with Crippen molar-refractivity contribution in [3.8, 4) is 5.75 Å².